The number of thiazole rings is 1. The Labute approximate surface area is 201 Å². The molecular weight excluding hydrogens is 446 g/mol. The monoisotopic (exact) mass is 471 g/mol. The average molecular weight is 472 g/mol. The molecule has 1 aliphatic heterocycles. The van der Waals surface area contributed by atoms with Gasteiger partial charge in [-0.2, -0.15) is 4.68 Å². The van der Waals surface area contributed by atoms with E-state index in [1.54, 1.807) is 16.0 Å². The summed E-state index contributed by atoms with van der Waals surface area (Å²) in [6.07, 6.45) is 5.98. The second-order valence-corrected chi connectivity index (χ2v) is 9.78. The van der Waals surface area contributed by atoms with Crippen LogP contribution in [0.15, 0.2) is 66.7 Å². The first-order valence-corrected chi connectivity index (χ1v) is 12.5. The Kier molecular flexibility index (Phi) is 5.54. The predicted octanol–water partition coefficient (Wildman–Crippen LogP) is 3.67. The van der Waals surface area contributed by atoms with Crippen molar-refractivity contribution in [1.82, 2.24) is 30.1 Å². The molecule has 2 aromatic carbocycles. The van der Waals surface area contributed by atoms with E-state index in [2.05, 4.69) is 38.6 Å². The van der Waals surface area contributed by atoms with Crippen LogP contribution in [0.3, 0.4) is 0 Å². The van der Waals surface area contributed by atoms with E-state index >= 15 is 0 Å². The normalized spacial score (nSPS) is 20.7. The van der Waals surface area contributed by atoms with Crippen molar-refractivity contribution in [1.29, 1.82) is 0 Å². The van der Waals surface area contributed by atoms with Gasteiger partial charge in [-0.05, 0) is 47.5 Å². The van der Waals surface area contributed by atoms with E-state index in [4.69, 9.17) is 4.98 Å². The standard InChI is InChI=1S/C25H25N7OS/c33-24(20-11-5-4-10-19(20)23-26-21-12-6-7-13-22(21)34-23)30-14-16-31(17-15-30)25-27-28-29-32(25)18-8-2-1-3-9-18/h1-9,12-13,19-20H,10-11,14-17H2. The molecule has 0 N–H and O–H groups in total. The van der Waals surface area contributed by atoms with E-state index in [9.17, 15) is 4.79 Å². The first-order valence-electron chi connectivity index (χ1n) is 11.7. The van der Waals surface area contributed by atoms with E-state index in [-0.39, 0.29) is 17.7 Å². The maximum atomic E-state index is 13.6. The summed E-state index contributed by atoms with van der Waals surface area (Å²) in [5.41, 5.74) is 1.95. The number of rotatable bonds is 4. The highest BCUT2D eigenvalue weighted by atomic mass is 32.1. The zero-order chi connectivity index (χ0) is 22.9. The Bertz CT molecular complexity index is 1290. The molecule has 8 nitrogen and oxygen atoms in total. The Morgan fingerprint density at radius 2 is 1.68 bits per heavy atom. The molecule has 2 aliphatic rings. The van der Waals surface area contributed by atoms with Crippen LogP contribution in [-0.2, 0) is 4.79 Å². The number of carbonyl (C=O) groups is 1. The second kappa shape index (κ2) is 8.98. The van der Waals surface area contributed by atoms with Gasteiger partial charge in [-0.15, -0.1) is 11.3 Å². The van der Waals surface area contributed by atoms with Gasteiger partial charge in [-0.1, -0.05) is 47.6 Å². The van der Waals surface area contributed by atoms with E-state index in [1.807, 2.05) is 53.4 Å². The van der Waals surface area contributed by atoms with E-state index in [0.717, 1.165) is 29.1 Å². The highest BCUT2D eigenvalue weighted by Gasteiger charge is 2.36. The molecule has 34 heavy (non-hydrogen) atoms. The summed E-state index contributed by atoms with van der Waals surface area (Å²) in [7, 11) is 0. The molecule has 0 saturated carbocycles. The predicted molar refractivity (Wildman–Crippen MR) is 132 cm³/mol. The number of benzene rings is 2. The van der Waals surface area contributed by atoms with Crippen molar-refractivity contribution in [3.63, 3.8) is 0 Å². The Balaban J connectivity index is 1.17. The number of aromatic nitrogens is 5. The number of hydrogen-bond donors (Lipinski definition) is 0. The third-order valence-corrected chi connectivity index (χ3v) is 7.87. The highest BCUT2D eigenvalue weighted by molar-refractivity contribution is 7.18. The smallest absolute Gasteiger partial charge is 0.250 e. The van der Waals surface area contributed by atoms with Gasteiger partial charge in [0.25, 0.3) is 0 Å². The fourth-order valence-corrected chi connectivity index (χ4v) is 6.03. The Morgan fingerprint density at radius 3 is 2.50 bits per heavy atom. The van der Waals surface area contributed by atoms with Gasteiger partial charge in [0.15, 0.2) is 0 Å². The number of para-hydroxylation sites is 2. The minimum atomic E-state index is -0.0632. The SMILES string of the molecule is O=C(C1CC=CCC1c1nc2ccccc2s1)N1CCN(c2nnnn2-c2ccccc2)CC1. The topological polar surface area (TPSA) is 80.0 Å². The van der Waals surface area contributed by atoms with Crippen molar-refractivity contribution >= 4 is 33.4 Å². The largest absolute Gasteiger partial charge is 0.339 e. The Morgan fingerprint density at radius 1 is 0.912 bits per heavy atom. The maximum absolute atomic E-state index is 13.6. The molecule has 1 fully saturated rings. The average Bonchev–Trinajstić information content (AvgIpc) is 3.56. The fourth-order valence-electron chi connectivity index (χ4n) is 4.89. The molecule has 172 valence electrons. The summed E-state index contributed by atoms with van der Waals surface area (Å²) in [4.78, 5) is 22.7. The van der Waals surface area contributed by atoms with Crippen molar-refractivity contribution in [2.45, 2.75) is 18.8 Å². The van der Waals surface area contributed by atoms with Gasteiger partial charge in [0.2, 0.25) is 11.9 Å². The van der Waals surface area contributed by atoms with Crippen LogP contribution in [0, 0.1) is 5.92 Å². The lowest BCUT2D eigenvalue weighted by Gasteiger charge is -2.38. The van der Waals surface area contributed by atoms with Gasteiger partial charge in [-0.3, -0.25) is 4.79 Å². The number of amides is 1. The van der Waals surface area contributed by atoms with Crippen LogP contribution in [0.4, 0.5) is 5.95 Å². The van der Waals surface area contributed by atoms with Gasteiger partial charge >= 0.3 is 0 Å². The zero-order valence-corrected chi connectivity index (χ0v) is 19.5. The zero-order valence-electron chi connectivity index (χ0n) is 18.7. The van der Waals surface area contributed by atoms with Crippen LogP contribution in [0.5, 0.6) is 0 Å². The molecule has 0 radical (unpaired) electrons. The molecule has 0 bridgehead atoms. The van der Waals surface area contributed by atoms with Crippen LogP contribution >= 0.6 is 11.3 Å². The number of piperazine rings is 1. The number of fused-ring (bicyclic) bond motifs is 1. The summed E-state index contributed by atoms with van der Waals surface area (Å²) in [6, 6.07) is 18.1. The molecule has 3 heterocycles. The lowest BCUT2D eigenvalue weighted by Crippen LogP contribution is -2.51. The van der Waals surface area contributed by atoms with Gasteiger partial charge in [0.05, 0.1) is 26.8 Å². The first-order chi connectivity index (χ1) is 16.8. The van der Waals surface area contributed by atoms with Crippen LogP contribution < -0.4 is 4.90 Å². The summed E-state index contributed by atoms with van der Waals surface area (Å²) < 4.78 is 2.94. The fraction of sp³-hybridized carbons (Fsp3) is 0.320. The lowest BCUT2D eigenvalue weighted by atomic mass is 9.82. The van der Waals surface area contributed by atoms with Gasteiger partial charge in [0.1, 0.15) is 0 Å². The number of nitrogens with zero attached hydrogens (tertiary/aromatic N) is 7. The van der Waals surface area contributed by atoms with Gasteiger partial charge in [-0.25, -0.2) is 4.98 Å². The van der Waals surface area contributed by atoms with Crippen molar-refractivity contribution in [2.75, 3.05) is 31.1 Å². The molecule has 2 unspecified atom stereocenters. The summed E-state index contributed by atoms with van der Waals surface area (Å²) in [5.74, 6) is 1.02. The molecular formula is C25H25N7OS. The minimum Gasteiger partial charge on any atom is -0.339 e. The third-order valence-electron chi connectivity index (χ3n) is 6.71. The molecule has 2 atom stereocenters. The molecule has 9 heteroatoms. The quantitative estimate of drug-likeness (QED) is 0.423. The minimum absolute atomic E-state index is 0.0632. The highest BCUT2D eigenvalue weighted by Crippen LogP contribution is 2.39. The summed E-state index contributed by atoms with van der Waals surface area (Å²) in [5, 5.41) is 13.4. The molecule has 2 aromatic heterocycles. The number of hydrogen-bond acceptors (Lipinski definition) is 7. The molecule has 0 spiro atoms. The number of allylic oxidation sites excluding steroid dienone is 2. The summed E-state index contributed by atoms with van der Waals surface area (Å²) >= 11 is 1.72. The summed E-state index contributed by atoms with van der Waals surface area (Å²) in [6.45, 7) is 2.72. The van der Waals surface area contributed by atoms with Crippen LogP contribution in [0.25, 0.3) is 15.9 Å². The molecule has 1 amide bonds. The van der Waals surface area contributed by atoms with Crippen molar-refractivity contribution < 1.29 is 4.79 Å². The molecule has 1 saturated heterocycles. The van der Waals surface area contributed by atoms with Crippen LogP contribution in [-0.4, -0.2) is 62.2 Å². The van der Waals surface area contributed by atoms with Crippen LogP contribution in [0.1, 0.15) is 23.8 Å². The third kappa shape index (κ3) is 3.86. The Hall–Kier alpha value is -3.59. The van der Waals surface area contributed by atoms with Crippen LogP contribution in [0.2, 0.25) is 0 Å². The number of carbonyl (C=O) groups excluding carboxylic acids is 1. The molecule has 4 aromatic rings. The van der Waals surface area contributed by atoms with E-state index in [0.29, 0.717) is 32.1 Å². The van der Waals surface area contributed by atoms with Crippen molar-refractivity contribution in [3.05, 3.63) is 71.8 Å². The van der Waals surface area contributed by atoms with Gasteiger partial charge < -0.3 is 9.80 Å². The van der Waals surface area contributed by atoms with Crippen molar-refractivity contribution in [3.8, 4) is 5.69 Å². The second-order valence-electron chi connectivity index (χ2n) is 8.71. The maximum Gasteiger partial charge on any atom is 0.250 e. The lowest BCUT2D eigenvalue weighted by molar-refractivity contribution is -0.136. The number of tetrazole rings is 1. The molecule has 6 rings (SSSR count). The van der Waals surface area contributed by atoms with E-state index < -0.39 is 0 Å². The first kappa shape index (κ1) is 21.0. The number of anilines is 1. The van der Waals surface area contributed by atoms with Crippen molar-refractivity contribution in [2.24, 2.45) is 5.92 Å². The van der Waals surface area contributed by atoms with E-state index in [1.165, 1.54) is 4.70 Å². The van der Waals surface area contributed by atoms with Gasteiger partial charge in [0, 0.05) is 32.1 Å². The molecule has 1 aliphatic carbocycles.